The molecule has 0 N–H and O–H groups in total. The van der Waals surface area contributed by atoms with Gasteiger partial charge in [0.1, 0.15) is 0 Å². The van der Waals surface area contributed by atoms with Crippen LogP contribution in [-0.2, 0) is 4.79 Å². The molecule has 0 heterocycles. The van der Waals surface area contributed by atoms with E-state index in [1.807, 2.05) is 36.2 Å². The Morgan fingerprint density at radius 3 is 2.36 bits per heavy atom. The van der Waals surface area contributed by atoms with E-state index in [0.29, 0.717) is 19.6 Å². The molecule has 2 rings (SSSR count). The molecule has 2 aromatic carbocycles. The Balaban J connectivity index is 2.19. The lowest BCUT2D eigenvalue weighted by atomic mass is 10.1. The summed E-state index contributed by atoms with van der Waals surface area (Å²) in [5.74, 6) is 0.0650. The first-order valence-electron chi connectivity index (χ1n) is 7.36. The summed E-state index contributed by atoms with van der Waals surface area (Å²) in [6, 6.07) is 14.3. The second-order valence-corrected chi connectivity index (χ2v) is 5.23. The van der Waals surface area contributed by atoms with E-state index in [-0.39, 0.29) is 5.91 Å². The zero-order valence-electron chi connectivity index (χ0n) is 13.0. The molecule has 3 heteroatoms. The third-order valence-corrected chi connectivity index (χ3v) is 3.60. The van der Waals surface area contributed by atoms with E-state index in [4.69, 9.17) is 0 Å². The number of hydrogen-bond donors (Lipinski definition) is 0. The molecule has 0 aliphatic heterocycles. The molecule has 0 saturated carbocycles. The highest BCUT2D eigenvalue weighted by Crippen LogP contribution is 2.25. The third kappa shape index (κ3) is 3.55. The van der Waals surface area contributed by atoms with Crippen molar-refractivity contribution in [3.63, 3.8) is 0 Å². The number of rotatable bonds is 7. The maximum Gasteiger partial charge on any atom is 0.242 e. The second-order valence-electron chi connectivity index (χ2n) is 5.23. The summed E-state index contributed by atoms with van der Waals surface area (Å²) in [6.45, 7) is 8.80. The van der Waals surface area contributed by atoms with Gasteiger partial charge in [-0.05, 0) is 11.5 Å². The Morgan fingerprint density at radius 1 is 1.05 bits per heavy atom. The fourth-order valence-corrected chi connectivity index (χ4v) is 2.52. The number of likely N-dealkylation sites (N-methyl/N-ethyl adjacent to an activating group) is 1. The summed E-state index contributed by atoms with van der Waals surface area (Å²) in [7, 11) is 1.94. The monoisotopic (exact) mass is 294 g/mol. The highest BCUT2D eigenvalue weighted by Gasteiger charge is 2.14. The van der Waals surface area contributed by atoms with Gasteiger partial charge in [-0.1, -0.05) is 48.6 Å². The minimum absolute atomic E-state index is 0.0650. The average Bonchev–Trinajstić information content (AvgIpc) is 2.54. The van der Waals surface area contributed by atoms with Crippen LogP contribution in [0.25, 0.3) is 10.8 Å². The Hall–Kier alpha value is -2.55. The van der Waals surface area contributed by atoms with E-state index >= 15 is 0 Å². The number of carbonyl (C=O) groups is 1. The summed E-state index contributed by atoms with van der Waals surface area (Å²) >= 11 is 0. The number of fused-ring (bicyclic) bond motifs is 1. The highest BCUT2D eigenvalue weighted by molar-refractivity contribution is 5.95. The molecule has 114 valence electrons. The molecule has 0 unspecified atom stereocenters. The first kappa shape index (κ1) is 15.8. The molecule has 0 spiro atoms. The highest BCUT2D eigenvalue weighted by atomic mass is 16.2. The molecule has 0 atom stereocenters. The standard InChI is InChI=1S/C19H22N2O/c1-4-13-21(14-5-2)19(22)15-20(3)18-12-8-10-16-9-6-7-11-17(16)18/h4-12H,1-2,13-15H2,3H3. The topological polar surface area (TPSA) is 23.6 Å². The Labute approximate surface area is 132 Å². The van der Waals surface area contributed by atoms with Crippen molar-refractivity contribution in [2.24, 2.45) is 0 Å². The van der Waals surface area contributed by atoms with Gasteiger partial charge in [0, 0.05) is 31.2 Å². The van der Waals surface area contributed by atoms with Crippen molar-refractivity contribution in [3.05, 3.63) is 67.8 Å². The molecule has 0 radical (unpaired) electrons. The molecule has 2 aromatic rings. The zero-order valence-corrected chi connectivity index (χ0v) is 13.0. The fourth-order valence-electron chi connectivity index (χ4n) is 2.52. The van der Waals surface area contributed by atoms with Gasteiger partial charge in [0.05, 0.1) is 6.54 Å². The van der Waals surface area contributed by atoms with Crippen molar-refractivity contribution < 1.29 is 4.79 Å². The molecule has 3 nitrogen and oxygen atoms in total. The van der Waals surface area contributed by atoms with Crippen molar-refractivity contribution in [1.82, 2.24) is 4.90 Å². The van der Waals surface area contributed by atoms with Crippen molar-refractivity contribution >= 4 is 22.4 Å². The predicted octanol–water partition coefficient (Wildman–Crippen LogP) is 3.48. The van der Waals surface area contributed by atoms with Gasteiger partial charge in [-0.3, -0.25) is 4.79 Å². The maximum absolute atomic E-state index is 12.4. The van der Waals surface area contributed by atoms with Crippen molar-refractivity contribution in [2.75, 3.05) is 31.6 Å². The molecule has 1 amide bonds. The van der Waals surface area contributed by atoms with Crippen LogP contribution < -0.4 is 4.90 Å². The first-order valence-corrected chi connectivity index (χ1v) is 7.36. The van der Waals surface area contributed by atoms with Crippen molar-refractivity contribution in [2.45, 2.75) is 0 Å². The summed E-state index contributed by atoms with van der Waals surface area (Å²) in [6.07, 6.45) is 3.47. The van der Waals surface area contributed by atoms with E-state index in [1.165, 1.54) is 5.39 Å². The van der Waals surface area contributed by atoms with Gasteiger partial charge in [0.2, 0.25) is 5.91 Å². The number of benzene rings is 2. The maximum atomic E-state index is 12.4. The largest absolute Gasteiger partial charge is 0.365 e. The van der Waals surface area contributed by atoms with Crippen molar-refractivity contribution in [1.29, 1.82) is 0 Å². The first-order chi connectivity index (χ1) is 10.7. The second kappa shape index (κ2) is 7.46. The van der Waals surface area contributed by atoms with E-state index in [9.17, 15) is 4.79 Å². The van der Waals surface area contributed by atoms with Crippen molar-refractivity contribution in [3.8, 4) is 0 Å². The lowest BCUT2D eigenvalue weighted by Crippen LogP contribution is -2.39. The van der Waals surface area contributed by atoms with Gasteiger partial charge in [-0.2, -0.15) is 0 Å². The van der Waals surface area contributed by atoms with Gasteiger partial charge in [-0.15, -0.1) is 13.2 Å². The predicted molar refractivity (Wildman–Crippen MR) is 94.2 cm³/mol. The van der Waals surface area contributed by atoms with E-state index in [1.54, 1.807) is 17.1 Å². The molecule has 0 aliphatic carbocycles. The molecular formula is C19H22N2O. The molecular weight excluding hydrogens is 272 g/mol. The smallest absolute Gasteiger partial charge is 0.242 e. The lowest BCUT2D eigenvalue weighted by molar-refractivity contribution is -0.128. The molecule has 0 bridgehead atoms. The van der Waals surface area contributed by atoms with Crippen LogP contribution in [0.5, 0.6) is 0 Å². The van der Waals surface area contributed by atoms with E-state index in [2.05, 4.69) is 31.4 Å². The van der Waals surface area contributed by atoms with Crippen LogP contribution in [0.4, 0.5) is 5.69 Å². The van der Waals surface area contributed by atoms with Crippen LogP contribution in [0.2, 0.25) is 0 Å². The number of hydrogen-bond acceptors (Lipinski definition) is 2. The molecule has 0 saturated heterocycles. The Kier molecular flexibility index (Phi) is 5.37. The third-order valence-electron chi connectivity index (χ3n) is 3.60. The zero-order chi connectivity index (χ0) is 15.9. The van der Waals surface area contributed by atoms with Crippen LogP contribution >= 0.6 is 0 Å². The minimum Gasteiger partial charge on any atom is -0.365 e. The van der Waals surface area contributed by atoms with Crippen LogP contribution in [0, 0.1) is 0 Å². The van der Waals surface area contributed by atoms with Gasteiger partial charge >= 0.3 is 0 Å². The lowest BCUT2D eigenvalue weighted by Gasteiger charge is -2.25. The minimum atomic E-state index is 0.0650. The number of anilines is 1. The van der Waals surface area contributed by atoms with Crippen LogP contribution in [0.15, 0.2) is 67.8 Å². The summed E-state index contributed by atoms with van der Waals surface area (Å²) in [5, 5.41) is 2.33. The van der Waals surface area contributed by atoms with Crippen LogP contribution in [0.3, 0.4) is 0 Å². The van der Waals surface area contributed by atoms with E-state index in [0.717, 1.165) is 11.1 Å². The molecule has 22 heavy (non-hydrogen) atoms. The van der Waals surface area contributed by atoms with Gasteiger partial charge in [-0.25, -0.2) is 0 Å². The van der Waals surface area contributed by atoms with Gasteiger partial charge in [0.25, 0.3) is 0 Å². The Morgan fingerprint density at radius 2 is 1.68 bits per heavy atom. The fraction of sp³-hybridized carbons (Fsp3) is 0.211. The molecule has 0 fully saturated rings. The van der Waals surface area contributed by atoms with Gasteiger partial charge in [0.15, 0.2) is 0 Å². The number of carbonyl (C=O) groups excluding carboxylic acids is 1. The number of nitrogens with zero attached hydrogens (tertiary/aromatic N) is 2. The van der Waals surface area contributed by atoms with Gasteiger partial charge < -0.3 is 9.80 Å². The Bertz CT molecular complexity index is 663. The molecule has 0 aliphatic rings. The molecule has 0 aromatic heterocycles. The van der Waals surface area contributed by atoms with Crippen LogP contribution in [0.1, 0.15) is 0 Å². The summed E-state index contributed by atoms with van der Waals surface area (Å²) in [4.78, 5) is 16.2. The SMILES string of the molecule is C=CCN(CC=C)C(=O)CN(C)c1cccc2ccccc12. The quantitative estimate of drug-likeness (QED) is 0.730. The van der Waals surface area contributed by atoms with E-state index < -0.39 is 0 Å². The van der Waals surface area contributed by atoms with Crippen LogP contribution in [-0.4, -0.2) is 37.5 Å². The average molecular weight is 294 g/mol. The number of amides is 1. The summed E-state index contributed by atoms with van der Waals surface area (Å²) < 4.78 is 0. The normalized spacial score (nSPS) is 10.2. The summed E-state index contributed by atoms with van der Waals surface area (Å²) in [5.41, 5.74) is 1.06.